The number of ether oxygens (including phenoxy) is 1. The van der Waals surface area contributed by atoms with Crippen LogP contribution in [-0.2, 0) is 13.0 Å². The number of carbonyl (C=O) groups is 1. The molecule has 0 aromatic heterocycles. The van der Waals surface area contributed by atoms with Gasteiger partial charge in [-0.05, 0) is 81.3 Å². The van der Waals surface area contributed by atoms with Crippen molar-refractivity contribution < 1.29 is 9.53 Å². The SMILES string of the molecule is CCC(C)N(Cc1ccc(CCNC(=O)c2ccc(OCCC(C)C)cc2)cc1)C(C)C. The van der Waals surface area contributed by atoms with Gasteiger partial charge in [0.25, 0.3) is 5.91 Å². The van der Waals surface area contributed by atoms with Crippen molar-refractivity contribution in [2.24, 2.45) is 5.92 Å². The molecule has 176 valence electrons. The van der Waals surface area contributed by atoms with Crippen LogP contribution >= 0.6 is 0 Å². The molecule has 0 bridgehead atoms. The van der Waals surface area contributed by atoms with Gasteiger partial charge in [0.05, 0.1) is 6.61 Å². The van der Waals surface area contributed by atoms with Crippen LogP contribution in [0, 0.1) is 5.92 Å². The van der Waals surface area contributed by atoms with Gasteiger partial charge in [-0.25, -0.2) is 0 Å². The van der Waals surface area contributed by atoms with E-state index >= 15 is 0 Å². The van der Waals surface area contributed by atoms with Crippen LogP contribution in [0.15, 0.2) is 48.5 Å². The van der Waals surface area contributed by atoms with Gasteiger partial charge in [0.2, 0.25) is 0 Å². The zero-order valence-electron chi connectivity index (χ0n) is 20.9. The van der Waals surface area contributed by atoms with Gasteiger partial charge in [-0.2, -0.15) is 0 Å². The smallest absolute Gasteiger partial charge is 0.251 e. The molecule has 0 spiro atoms. The fourth-order valence-electron chi connectivity index (χ4n) is 3.64. The second kappa shape index (κ2) is 13.3. The molecule has 0 fully saturated rings. The van der Waals surface area contributed by atoms with Crippen LogP contribution in [0.3, 0.4) is 0 Å². The van der Waals surface area contributed by atoms with Crippen molar-refractivity contribution in [3.05, 3.63) is 65.2 Å². The molecule has 4 nitrogen and oxygen atoms in total. The highest BCUT2D eigenvalue weighted by atomic mass is 16.5. The molecule has 0 saturated heterocycles. The van der Waals surface area contributed by atoms with Crippen LogP contribution < -0.4 is 10.1 Å². The molecular formula is C28H42N2O2. The first-order valence-electron chi connectivity index (χ1n) is 12.1. The minimum absolute atomic E-state index is 0.0449. The second-order valence-corrected chi connectivity index (χ2v) is 9.40. The van der Waals surface area contributed by atoms with Gasteiger partial charge in [0, 0.05) is 30.7 Å². The Kier molecular flexibility index (Phi) is 10.8. The maximum absolute atomic E-state index is 12.4. The summed E-state index contributed by atoms with van der Waals surface area (Å²) in [5, 5.41) is 3.02. The molecule has 0 aliphatic carbocycles. The third kappa shape index (κ3) is 8.66. The Labute approximate surface area is 195 Å². The van der Waals surface area contributed by atoms with Gasteiger partial charge < -0.3 is 10.1 Å². The number of nitrogens with one attached hydrogen (secondary N) is 1. The van der Waals surface area contributed by atoms with Crippen molar-refractivity contribution in [3.8, 4) is 5.75 Å². The molecule has 4 heteroatoms. The highest BCUT2D eigenvalue weighted by Gasteiger charge is 2.15. The van der Waals surface area contributed by atoms with Crippen LogP contribution in [0.2, 0.25) is 0 Å². The van der Waals surface area contributed by atoms with Crippen LogP contribution in [0.5, 0.6) is 5.75 Å². The Bertz CT molecular complexity index is 797. The maximum Gasteiger partial charge on any atom is 0.251 e. The van der Waals surface area contributed by atoms with Crippen LogP contribution in [0.25, 0.3) is 0 Å². The van der Waals surface area contributed by atoms with Crippen LogP contribution in [0.4, 0.5) is 0 Å². The lowest BCUT2D eigenvalue weighted by molar-refractivity contribution is 0.0954. The largest absolute Gasteiger partial charge is 0.494 e. The summed E-state index contributed by atoms with van der Waals surface area (Å²) in [6, 6.07) is 17.3. The molecular weight excluding hydrogens is 396 g/mol. The van der Waals surface area contributed by atoms with E-state index in [9.17, 15) is 4.79 Å². The van der Waals surface area contributed by atoms with Gasteiger partial charge in [0.1, 0.15) is 5.75 Å². The van der Waals surface area contributed by atoms with E-state index < -0.39 is 0 Å². The van der Waals surface area contributed by atoms with Crippen molar-refractivity contribution in [3.63, 3.8) is 0 Å². The zero-order chi connectivity index (χ0) is 23.5. The van der Waals surface area contributed by atoms with Gasteiger partial charge >= 0.3 is 0 Å². The summed E-state index contributed by atoms with van der Waals surface area (Å²) in [7, 11) is 0. The molecule has 1 atom stereocenters. The predicted octanol–water partition coefficient (Wildman–Crippen LogP) is 6.09. The quantitative estimate of drug-likeness (QED) is 0.411. The molecule has 0 aliphatic rings. The van der Waals surface area contributed by atoms with Gasteiger partial charge in [0.15, 0.2) is 0 Å². The predicted molar refractivity (Wildman–Crippen MR) is 134 cm³/mol. The molecule has 2 aromatic rings. The van der Waals surface area contributed by atoms with E-state index in [1.807, 2.05) is 24.3 Å². The number of nitrogens with zero attached hydrogens (tertiary/aromatic N) is 1. The molecule has 0 radical (unpaired) electrons. The van der Waals surface area contributed by atoms with E-state index in [4.69, 9.17) is 4.74 Å². The maximum atomic E-state index is 12.4. The van der Waals surface area contributed by atoms with Gasteiger partial charge in [-0.1, -0.05) is 45.0 Å². The monoisotopic (exact) mass is 438 g/mol. The summed E-state index contributed by atoms with van der Waals surface area (Å²) in [5.41, 5.74) is 3.24. The average Bonchev–Trinajstić information content (AvgIpc) is 2.78. The highest BCUT2D eigenvalue weighted by molar-refractivity contribution is 5.94. The normalized spacial score (nSPS) is 12.4. The number of rotatable bonds is 13. The molecule has 1 amide bonds. The first-order valence-corrected chi connectivity index (χ1v) is 12.1. The lowest BCUT2D eigenvalue weighted by Gasteiger charge is -2.32. The number of hydrogen-bond acceptors (Lipinski definition) is 3. The molecule has 2 rings (SSSR count). The van der Waals surface area contributed by atoms with Crippen LogP contribution in [-0.4, -0.2) is 36.0 Å². The third-order valence-electron chi connectivity index (χ3n) is 5.99. The standard InChI is InChI=1S/C28H42N2O2/c1-7-23(6)30(22(4)5)20-25-10-8-24(9-11-25)16-18-29-28(31)26-12-14-27(15-13-26)32-19-17-21(2)3/h8-15,21-23H,7,16-20H2,1-6H3,(H,29,31). The topological polar surface area (TPSA) is 41.6 Å². The summed E-state index contributed by atoms with van der Waals surface area (Å²) in [5.74, 6) is 1.39. The fraction of sp³-hybridized carbons (Fsp3) is 0.536. The van der Waals surface area contributed by atoms with Crippen molar-refractivity contribution in [1.29, 1.82) is 0 Å². The number of carbonyl (C=O) groups excluding carboxylic acids is 1. The third-order valence-corrected chi connectivity index (χ3v) is 5.99. The summed E-state index contributed by atoms with van der Waals surface area (Å²) in [4.78, 5) is 15.0. The lowest BCUT2D eigenvalue weighted by Crippen LogP contribution is -2.37. The van der Waals surface area contributed by atoms with Crippen molar-refractivity contribution in [1.82, 2.24) is 10.2 Å². The second-order valence-electron chi connectivity index (χ2n) is 9.40. The Morgan fingerprint density at radius 3 is 2.12 bits per heavy atom. The minimum atomic E-state index is -0.0449. The number of hydrogen-bond donors (Lipinski definition) is 1. The lowest BCUT2D eigenvalue weighted by atomic mass is 10.1. The molecule has 0 aliphatic heterocycles. The Hall–Kier alpha value is -2.33. The van der Waals surface area contributed by atoms with E-state index in [1.54, 1.807) is 0 Å². The van der Waals surface area contributed by atoms with E-state index in [0.29, 0.717) is 36.7 Å². The summed E-state index contributed by atoms with van der Waals surface area (Å²) in [6.07, 6.45) is 3.00. The molecule has 1 unspecified atom stereocenters. The number of benzene rings is 2. The van der Waals surface area contributed by atoms with Gasteiger partial charge in [-0.15, -0.1) is 0 Å². The summed E-state index contributed by atoms with van der Waals surface area (Å²) >= 11 is 0. The van der Waals surface area contributed by atoms with E-state index in [1.165, 1.54) is 11.1 Å². The van der Waals surface area contributed by atoms with Gasteiger partial charge in [-0.3, -0.25) is 9.69 Å². The Morgan fingerprint density at radius 2 is 1.56 bits per heavy atom. The molecule has 1 N–H and O–H groups in total. The zero-order valence-corrected chi connectivity index (χ0v) is 20.9. The van der Waals surface area contributed by atoms with E-state index in [-0.39, 0.29) is 5.91 Å². The molecule has 2 aromatic carbocycles. The summed E-state index contributed by atoms with van der Waals surface area (Å²) in [6.45, 7) is 15.7. The van der Waals surface area contributed by atoms with Crippen LogP contribution in [0.1, 0.15) is 75.9 Å². The average molecular weight is 439 g/mol. The molecule has 0 saturated carbocycles. The van der Waals surface area contributed by atoms with Crippen molar-refractivity contribution in [2.75, 3.05) is 13.2 Å². The minimum Gasteiger partial charge on any atom is -0.494 e. The van der Waals surface area contributed by atoms with Crippen molar-refractivity contribution in [2.45, 2.75) is 79.4 Å². The Balaban J connectivity index is 1.78. The first kappa shape index (κ1) is 25.9. The van der Waals surface area contributed by atoms with E-state index in [2.05, 4.69) is 76.0 Å². The molecule has 0 heterocycles. The molecule has 32 heavy (non-hydrogen) atoms. The first-order chi connectivity index (χ1) is 15.3. The summed E-state index contributed by atoms with van der Waals surface area (Å²) < 4.78 is 5.72. The fourth-order valence-corrected chi connectivity index (χ4v) is 3.64. The van der Waals surface area contributed by atoms with E-state index in [0.717, 1.165) is 31.6 Å². The van der Waals surface area contributed by atoms with Crippen molar-refractivity contribution >= 4 is 5.91 Å². The Morgan fingerprint density at radius 1 is 0.938 bits per heavy atom. The number of amides is 1. The highest BCUT2D eigenvalue weighted by Crippen LogP contribution is 2.16.